The van der Waals surface area contributed by atoms with Crippen molar-refractivity contribution in [1.29, 1.82) is 0 Å². The molecule has 0 amide bonds. The first-order valence-electron chi connectivity index (χ1n) is 12.3. The van der Waals surface area contributed by atoms with Crippen molar-refractivity contribution in [3.63, 3.8) is 0 Å². The number of nitrogens with zero attached hydrogens (tertiary/aromatic N) is 1. The molecule has 40 heavy (non-hydrogen) atoms. The van der Waals surface area contributed by atoms with Crippen LogP contribution in [0.15, 0.2) is 36.5 Å². The Morgan fingerprint density at radius 1 is 1.05 bits per heavy atom. The van der Waals surface area contributed by atoms with Gasteiger partial charge in [-0.1, -0.05) is 18.2 Å². The van der Waals surface area contributed by atoms with Crippen molar-refractivity contribution < 1.29 is 48.7 Å². The number of Topliss-reactive ketones (excluding diaryl/α,β-unsaturated/α-hetero) is 1. The van der Waals surface area contributed by atoms with E-state index in [9.17, 15) is 29.7 Å². The first kappa shape index (κ1) is 28.4. The number of phenolic OH excluding ortho intramolecular Hbond substituents is 2. The smallest absolute Gasteiger partial charge is 0.343 e. The third-order valence-electron chi connectivity index (χ3n) is 6.84. The third-order valence-corrected chi connectivity index (χ3v) is 6.84. The van der Waals surface area contributed by atoms with Crippen LogP contribution in [0.3, 0.4) is 0 Å². The van der Waals surface area contributed by atoms with E-state index in [-0.39, 0.29) is 41.2 Å². The summed E-state index contributed by atoms with van der Waals surface area (Å²) in [7, 11) is 2.40. The van der Waals surface area contributed by atoms with Gasteiger partial charge in [0.2, 0.25) is 0 Å². The number of hydrogen-bond donors (Lipinski definition) is 3. The van der Waals surface area contributed by atoms with Crippen LogP contribution in [0, 0.1) is 6.92 Å². The predicted octanol–water partition coefficient (Wildman–Crippen LogP) is 3.58. The lowest BCUT2D eigenvalue weighted by molar-refractivity contribution is -0.143. The van der Waals surface area contributed by atoms with E-state index in [2.05, 4.69) is 9.72 Å². The number of fused-ring (bicyclic) bond motifs is 1. The van der Waals surface area contributed by atoms with Gasteiger partial charge in [0.25, 0.3) is 0 Å². The largest absolute Gasteiger partial charge is 0.507 e. The predicted molar refractivity (Wildman–Crippen MR) is 139 cm³/mol. The Labute approximate surface area is 229 Å². The van der Waals surface area contributed by atoms with Crippen LogP contribution in [0.2, 0.25) is 0 Å². The minimum absolute atomic E-state index is 0.0850. The molecular weight excluding hydrogens is 522 g/mol. The van der Waals surface area contributed by atoms with Crippen LogP contribution >= 0.6 is 0 Å². The molecule has 0 saturated carbocycles. The number of esters is 2. The highest BCUT2D eigenvalue weighted by atomic mass is 16.6. The molecule has 2 heterocycles. The summed E-state index contributed by atoms with van der Waals surface area (Å²) in [6, 6.07) is 7.75. The highest BCUT2D eigenvalue weighted by Crippen LogP contribution is 2.51. The molecule has 0 radical (unpaired) electrons. The molecule has 0 fully saturated rings. The summed E-state index contributed by atoms with van der Waals surface area (Å²) in [5.41, 5.74) is 1.46. The number of benzene rings is 2. The first-order chi connectivity index (χ1) is 19.1. The highest BCUT2D eigenvalue weighted by Gasteiger charge is 2.37. The zero-order valence-electron chi connectivity index (χ0n) is 22.4. The summed E-state index contributed by atoms with van der Waals surface area (Å²) in [6.45, 7) is 2.51. The molecule has 2 atom stereocenters. The molecule has 1 aliphatic rings. The molecule has 0 spiro atoms. The second-order valence-electron chi connectivity index (χ2n) is 9.24. The van der Waals surface area contributed by atoms with Crippen LogP contribution in [-0.4, -0.2) is 58.9 Å². The fourth-order valence-electron chi connectivity index (χ4n) is 4.78. The molecule has 0 bridgehead atoms. The van der Waals surface area contributed by atoms with Crippen LogP contribution in [0.5, 0.6) is 23.0 Å². The molecular formula is C29H29NO10. The molecule has 11 nitrogen and oxygen atoms in total. The van der Waals surface area contributed by atoms with Gasteiger partial charge < -0.3 is 34.3 Å². The number of ketones is 1. The first-order valence-corrected chi connectivity index (χ1v) is 12.3. The maximum Gasteiger partial charge on any atom is 0.343 e. The number of pyridine rings is 1. The van der Waals surface area contributed by atoms with E-state index in [1.807, 2.05) is 0 Å². The molecule has 11 heteroatoms. The maximum atomic E-state index is 12.7. The quantitative estimate of drug-likeness (QED) is 0.263. The van der Waals surface area contributed by atoms with E-state index < -0.39 is 47.8 Å². The SMILES string of the molecule is COC(=O)COc1ccccc1[C@H](CC(=O)OC)c1c(O)c(C(C)=O)cc([C@@H]2OCc3cnc(C)c(O)c32)c1O. The number of carbonyl (C=O) groups excluding carboxylic acids is 3. The number of aromatic nitrogens is 1. The Bertz CT molecular complexity index is 1480. The standard InChI is InChI=1S/C29H29NO10/c1-14-26(34)24-16(11-30-14)12-40-29(24)20-9-18(15(2)31)27(35)25(28(20)36)19(10-22(32)37-3)17-7-5-6-8-21(17)39-13-23(33)38-4/h5-9,11,19,29,34-36H,10,12-13H2,1-4H3/t19-,29-/m0/s1. The van der Waals surface area contributed by atoms with Crippen molar-refractivity contribution in [1.82, 2.24) is 4.98 Å². The summed E-state index contributed by atoms with van der Waals surface area (Å²) in [6.07, 6.45) is 0.190. The molecule has 1 aromatic heterocycles. The minimum Gasteiger partial charge on any atom is -0.507 e. The molecule has 3 aromatic rings. The van der Waals surface area contributed by atoms with Crippen molar-refractivity contribution in [2.45, 2.75) is 38.9 Å². The molecule has 0 saturated heterocycles. The van der Waals surface area contributed by atoms with Gasteiger partial charge in [-0.3, -0.25) is 14.6 Å². The van der Waals surface area contributed by atoms with E-state index in [1.54, 1.807) is 37.4 Å². The lowest BCUT2D eigenvalue weighted by Crippen LogP contribution is -2.17. The highest BCUT2D eigenvalue weighted by molar-refractivity contribution is 5.98. The van der Waals surface area contributed by atoms with Gasteiger partial charge >= 0.3 is 11.9 Å². The van der Waals surface area contributed by atoms with E-state index in [4.69, 9.17) is 14.2 Å². The summed E-state index contributed by atoms with van der Waals surface area (Å²) < 4.78 is 21.1. The molecule has 3 N–H and O–H groups in total. The number of aromatic hydroxyl groups is 3. The number of carbonyl (C=O) groups is 3. The zero-order valence-corrected chi connectivity index (χ0v) is 22.4. The Hall–Kier alpha value is -4.64. The number of para-hydroxylation sites is 1. The molecule has 0 unspecified atom stereocenters. The van der Waals surface area contributed by atoms with E-state index in [0.717, 1.165) is 0 Å². The molecule has 210 valence electrons. The number of rotatable bonds is 9. The van der Waals surface area contributed by atoms with Crippen molar-refractivity contribution in [3.05, 3.63) is 75.6 Å². The number of hydrogen-bond acceptors (Lipinski definition) is 11. The fourth-order valence-corrected chi connectivity index (χ4v) is 4.78. The Balaban J connectivity index is 1.96. The Morgan fingerprint density at radius 3 is 2.42 bits per heavy atom. The van der Waals surface area contributed by atoms with Gasteiger partial charge in [0.05, 0.1) is 38.5 Å². The van der Waals surface area contributed by atoms with E-state index in [0.29, 0.717) is 22.4 Å². The fraction of sp³-hybridized carbons (Fsp3) is 0.310. The van der Waals surface area contributed by atoms with E-state index in [1.165, 1.54) is 27.2 Å². The van der Waals surface area contributed by atoms with Crippen molar-refractivity contribution >= 4 is 17.7 Å². The third kappa shape index (κ3) is 5.28. The van der Waals surface area contributed by atoms with Crippen LogP contribution in [0.4, 0.5) is 0 Å². The lowest BCUT2D eigenvalue weighted by atomic mass is 9.82. The Kier molecular flexibility index (Phi) is 8.24. The summed E-state index contributed by atoms with van der Waals surface area (Å²) >= 11 is 0. The van der Waals surface area contributed by atoms with Gasteiger partial charge in [0, 0.05) is 39.9 Å². The lowest BCUT2D eigenvalue weighted by Gasteiger charge is -2.25. The molecule has 2 aromatic carbocycles. The topological polar surface area (TPSA) is 162 Å². The summed E-state index contributed by atoms with van der Waals surface area (Å²) in [4.78, 5) is 41.2. The van der Waals surface area contributed by atoms with Crippen LogP contribution in [0.25, 0.3) is 0 Å². The molecule has 4 rings (SSSR count). The number of methoxy groups -OCH3 is 2. The van der Waals surface area contributed by atoms with Crippen molar-refractivity contribution in [2.75, 3.05) is 20.8 Å². The second kappa shape index (κ2) is 11.6. The van der Waals surface area contributed by atoms with Gasteiger partial charge in [0.15, 0.2) is 12.4 Å². The van der Waals surface area contributed by atoms with Gasteiger partial charge in [-0.05, 0) is 26.0 Å². The van der Waals surface area contributed by atoms with Gasteiger partial charge in [-0.2, -0.15) is 0 Å². The summed E-state index contributed by atoms with van der Waals surface area (Å²) in [5.74, 6) is -3.86. The second-order valence-corrected chi connectivity index (χ2v) is 9.24. The monoisotopic (exact) mass is 551 g/mol. The number of phenols is 2. The van der Waals surface area contributed by atoms with Crippen LogP contribution in [-0.2, 0) is 30.4 Å². The minimum atomic E-state index is -1.09. The summed E-state index contributed by atoms with van der Waals surface area (Å²) in [5, 5.41) is 33.8. The zero-order chi connectivity index (χ0) is 29.1. The Morgan fingerprint density at radius 2 is 1.75 bits per heavy atom. The molecule has 0 aliphatic carbocycles. The number of ether oxygens (including phenoxy) is 4. The van der Waals surface area contributed by atoms with E-state index >= 15 is 0 Å². The van der Waals surface area contributed by atoms with Crippen molar-refractivity contribution in [3.8, 4) is 23.0 Å². The van der Waals surface area contributed by atoms with Crippen LogP contribution < -0.4 is 4.74 Å². The average Bonchev–Trinajstić information content (AvgIpc) is 3.37. The average molecular weight is 552 g/mol. The maximum absolute atomic E-state index is 12.7. The van der Waals surface area contributed by atoms with Crippen molar-refractivity contribution in [2.24, 2.45) is 0 Å². The van der Waals surface area contributed by atoms with Gasteiger partial charge in [0.1, 0.15) is 29.1 Å². The van der Waals surface area contributed by atoms with Gasteiger partial charge in [-0.15, -0.1) is 0 Å². The number of aryl methyl sites for hydroxylation is 1. The van der Waals surface area contributed by atoms with Crippen LogP contribution in [0.1, 0.15) is 69.2 Å². The normalized spacial score (nSPS) is 14.8. The molecule has 1 aliphatic heterocycles. The van der Waals surface area contributed by atoms with Gasteiger partial charge in [-0.25, -0.2) is 4.79 Å².